The lowest BCUT2D eigenvalue weighted by Crippen LogP contribution is -2.52. The monoisotopic (exact) mass is 328 g/mol. The molecule has 0 bridgehead atoms. The molecule has 0 aromatic rings. The molecular weight excluding hydrogens is 304 g/mol. The van der Waals surface area contributed by atoms with Crippen molar-refractivity contribution < 1.29 is 33.3 Å². The molecule has 0 amide bonds. The zero-order valence-electron chi connectivity index (χ0n) is 13.9. The number of allylic oxidation sites excluding steroid dienone is 1. The molecule has 0 unspecified atom stereocenters. The minimum atomic E-state index is -0.759. The summed E-state index contributed by atoms with van der Waals surface area (Å²) in [6.07, 6.45) is 0.790. The average Bonchev–Trinajstić information content (AvgIpc) is 2.53. The van der Waals surface area contributed by atoms with Gasteiger partial charge in [0.1, 0.15) is 12.2 Å². The summed E-state index contributed by atoms with van der Waals surface area (Å²) in [7, 11) is 3.99. The normalized spacial score (nSPS) is 30.2. The molecular formula is C16H24O7. The van der Waals surface area contributed by atoms with Crippen LogP contribution in [-0.4, -0.2) is 51.4 Å². The Bertz CT molecular complexity index is 459. The van der Waals surface area contributed by atoms with Crippen molar-refractivity contribution in [2.45, 2.75) is 32.0 Å². The largest absolute Gasteiger partial charge is 0.469 e. The van der Waals surface area contributed by atoms with Gasteiger partial charge in [0, 0.05) is 20.5 Å². The van der Waals surface area contributed by atoms with Crippen molar-refractivity contribution in [2.24, 2.45) is 17.8 Å². The molecule has 0 aromatic carbocycles. The molecule has 0 aromatic heterocycles. The fourth-order valence-electron chi connectivity index (χ4n) is 3.22. The number of hydrogen-bond donors (Lipinski definition) is 0. The van der Waals surface area contributed by atoms with Crippen LogP contribution in [0.25, 0.3) is 0 Å². The Morgan fingerprint density at radius 3 is 2.26 bits per heavy atom. The highest BCUT2D eigenvalue weighted by molar-refractivity contribution is 5.76. The molecule has 0 spiro atoms. The molecule has 1 saturated carbocycles. The van der Waals surface area contributed by atoms with E-state index in [9.17, 15) is 14.4 Å². The second-order valence-corrected chi connectivity index (χ2v) is 5.48. The number of carbonyl (C=O) groups is 3. The predicted octanol–water partition coefficient (Wildman–Crippen LogP) is 1.11. The van der Waals surface area contributed by atoms with Gasteiger partial charge in [-0.15, -0.1) is 6.58 Å². The van der Waals surface area contributed by atoms with Crippen molar-refractivity contribution in [2.75, 3.05) is 21.3 Å². The third-order valence-corrected chi connectivity index (χ3v) is 4.23. The Balaban J connectivity index is 3.19. The van der Waals surface area contributed by atoms with Crippen LogP contribution in [0.2, 0.25) is 0 Å². The van der Waals surface area contributed by atoms with Crippen LogP contribution < -0.4 is 0 Å². The number of hydrogen-bond acceptors (Lipinski definition) is 7. The summed E-state index contributed by atoms with van der Waals surface area (Å²) in [5.41, 5.74) is 0. The molecule has 1 fully saturated rings. The lowest BCUT2D eigenvalue weighted by atomic mass is 9.67. The molecule has 23 heavy (non-hydrogen) atoms. The van der Waals surface area contributed by atoms with Crippen LogP contribution in [-0.2, 0) is 33.3 Å². The van der Waals surface area contributed by atoms with E-state index in [4.69, 9.17) is 18.9 Å². The topological polar surface area (TPSA) is 88.1 Å². The minimum Gasteiger partial charge on any atom is -0.469 e. The zero-order valence-corrected chi connectivity index (χ0v) is 13.9. The van der Waals surface area contributed by atoms with E-state index in [1.54, 1.807) is 6.08 Å². The first-order valence-electron chi connectivity index (χ1n) is 7.36. The van der Waals surface area contributed by atoms with Gasteiger partial charge in [0.2, 0.25) is 0 Å². The SMILES string of the molecule is C=C[C@H]1C[C@@H](OC(C)=O)[C@H](OC)[C@@H](C(=O)OC)[C@H]1CC(=O)OC. The van der Waals surface area contributed by atoms with Crippen LogP contribution in [0.1, 0.15) is 19.8 Å². The van der Waals surface area contributed by atoms with Gasteiger partial charge in [0.25, 0.3) is 0 Å². The highest BCUT2D eigenvalue weighted by atomic mass is 16.6. The fraction of sp³-hybridized carbons (Fsp3) is 0.688. The molecule has 130 valence electrons. The van der Waals surface area contributed by atoms with Gasteiger partial charge < -0.3 is 18.9 Å². The quantitative estimate of drug-likeness (QED) is 0.410. The zero-order chi connectivity index (χ0) is 17.6. The van der Waals surface area contributed by atoms with E-state index in [1.807, 2.05) is 0 Å². The van der Waals surface area contributed by atoms with E-state index in [2.05, 4.69) is 6.58 Å². The Morgan fingerprint density at radius 2 is 1.83 bits per heavy atom. The van der Waals surface area contributed by atoms with E-state index in [-0.39, 0.29) is 12.3 Å². The number of methoxy groups -OCH3 is 3. The predicted molar refractivity (Wildman–Crippen MR) is 80.3 cm³/mol. The maximum Gasteiger partial charge on any atom is 0.311 e. The second-order valence-electron chi connectivity index (χ2n) is 5.48. The summed E-state index contributed by atoms with van der Waals surface area (Å²) in [4.78, 5) is 35.3. The van der Waals surface area contributed by atoms with Crippen molar-refractivity contribution in [3.8, 4) is 0 Å². The van der Waals surface area contributed by atoms with Gasteiger partial charge in [-0.25, -0.2) is 0 Å². The van der Waals surface area contributed by atoms with Gasteiger partial charge in [-0.3, -0.25) is 14.4 Å². The van der Waals surface area contributed by atoms with Crippen molar-refractivity contribution in [1.29, 1.82) is 0 Å². The first-order chi connectivity index (χ1) is 10.9. The molecule has 1 aliphatic carbocycles. The number of ether oxygens (including phenoxy) is 4. The third kappa shape index (κ3) is 4.54. The Hall–Kier alpha value is -1.89. The van der Waals surface area contributed by atoms with E-state index < -0.39 is 42.0 Å². The average molecular weight is 328 g/mol. The smallest absolute Gasteiger partial charge is 0.311 e. The molecule has 7 nitrogen and oxygen atoms in total. The minimum absolute atomic E-state index is 0.0274. The summed E-state index contributed by atoms with van der Waals surface area (Å²) in [6.45, 7) is 5.06. The Labute approximate surface area is 135 Å². The molecule has 1 rings (SSSR count). The van der Waals surface area contributed by atoms with Gasteiger partial charge in [0.05, 0.1) is 20.1 Å². The molecule has 0 heterocycles. The standard InChI is InChI=1S/C16H24O7/c1-6-10-7-12(23-9(2)17)15(21-4)14(16(19)22-5)11(10)8-13(18)20-3/h6,10-12,14-15H,1,7-8H2,2-5H3/t10-,11-,12+,14-,15-/m0/s1. The van der Waals surface area contributed by atoms with Crippen LogP contribution in [0, 0.1) is 17.8 Å². The third-order valence-electron chi connectivity index (χ3n) is 4.23. The molecule has 7 heteroatoms. The summed E-state index contributed by atoms with van der Waals surface area (Å²) in [5.74, 6) is -2.79. The second kappa shape index (κ2) is 8.67. The first kappa shape index (κ1) is 19.2. The lowest BCUT2D eigenvalue weighted by molar-refractivity contribution is -0.182. The molecule has 5 atom stereocenters. The van der Waals surface area contributed by atoms with E-state index >= 15 is 0 Å². The van der Waals surface area contributed by atoms with E-state index in [0.717, 1.165) is 0 Å². The van der Waals surface area contributed by atoms with Crippen molar-refractivity contribution in [3.05, 3.63) is 12.7 Å². The maximum absolute atomic E-state index is 12.3. The molecule has 1 aliphatic rings. The maximum atomic E-state index is 12.3. The van der Waals surface area contributed by atoms with Crippen molar-refractivity contribution in [1.82, 2.24) is 0 Å². The Kier molecular flexibility index (Phi) is 7.22. The van der Waals surface area contributed by atoms with Crippen LogP contribution in [0.5, 0.6) is 0 Å². The molecule has 0 N–H and O–H groups in total. The van der Waals surface area contributed by atoms with Gasteiger partial charge in [0.15, 0.2) is 0 Å². The van der Waals surface area contributed by atoms with Crippen LogP contribution >= 0.6 is 0 Å². The van der Waals surface area contributed by atoms with Crippen molar-refractivity contribution >= 4 is 17.9 Å². The van der Waals surface area contributed by atoms with Gasteiger partial charge in [-0.1, -0.05) is 6.08 Å². The lowest BCUT2D eigenvalue weighted by Gasteiger charge is -2.43. The van der Waals surface area contributed by atoms with E-state index in [1.165, 1.54) is 28.3 Å². The number of rotatable bonds is 6. The summed E-state index contributed by atoms with van der Waals surface area (Å²) in [6, 6.07) is 0. The molecule has 0 aliphatic heterocycles. The van der Waals surface area contributed by atoms with E-state index in [0.29, 0.717) is 6.42 Å². The fourth-order valence-corrected chi connectivity index (χ4v) is 3.22. The summed E-state index contributed by atoms with van der Waals surface area (Å²) in [5, 5.41) is 0. The van der Waals surface area contributed by atoms with Gasteiger partial charge >= 0.3 is 17.9 Å². The molecule has 0 radical (unpaired) electrons. The number of esters is 3. The van der Waals surface area contributed by atoms with Crippen molar-refractivity contribution in [3.63, 3.8) is 0 Å². The summed E-state index contributed by atoms with van der Waals surface area (Å²) < 4.78 is 20.3. The summed E-state index contributed by atoms with van der Waals surface area (Å²) >= 11 is 0. The van der Waals surface area contributed by atoms with Crippen LogP contribution in [0.4, 0.5) is 0 Å². The van der Waals surface area contributed by atoms with Gasteiger partial charge in [-0.05, 0) is 18.3 Å². The molecule has 0 saturated heterocycles. The van der Waals surface area contributed by atoms with Crippen LogP contribution in [0.3, 0.4) is 0 Å². The van der Waals surface area contributed by atoms with Gasteiger partial charge in [-0.2, -0.15) is 0 Å². The highest BCUT2D eigenvalue weighted by Crippen LogP contribution is 2.41. The Morgan fingerprint density at radius 1 is 1.17 bits per heavy atom. The first-order valence-corrected chi connectivity index (χ1v) is 7.36. The number of carbonyl (C=O) groups excluding carboxylic acids is 3. The van der Waals surface area contributed by atoms with Crippen LogP contribution in [0.15, 0.2) is 12.7 Å². The highest BCUT2D eigenvalue weighted by Gasteiger charge is 2.50.